The van der Waals surface area contributed by atoms with E-state index in [9.17, 15) is 19.2 Å². The van der Waals surface area contributed by atoms with Crippen molar-refractivity contribution in [2.24, 2.45) is 0 Å². The first-order valence-corrected chi connectivity index (χ1v) is 12.3. The number of imidazole rings is 1. The number of aromatic nitrogens is 4. The third kappa shape index (κ3) is 7.44. The van der Waals surface area contributed by atoms with Gasteiger partial charge in [-0.1, -0.05) is 32.6 Å². The minimum absolute atomic E-state index is 0.183. The van der Waals surface area contributed by atoms with Gasteiger partial charge in [0.25, 0.3) is 0 Å². The highest BCUT2D eigenvalue weighted by molar-refractivity contribution is 5.96. The van der Waals surface area contributed by atoms with Crippen LogP contribution in [0.5, 0.6) is 0 Å². The number of unbranched alkanes of at least 4 members (excludes halogenated alkanes) is 4. The Labute approximate surface area is 214 Å². The minimum Gasteiger partial charge on any atom is -0.463 e. The van der Waals surface area contributed by atoms with Gasteiger partial charge in [0.1, 0.15) is 19.0 Å². The largest absolute Gasteiger partial charge is 0.463 e. The SMILES string of the molecule is CCCCCCCC(=O)Nc1ncnc2c1ncn2[C@H]1O[C@@H](COC(C)=O)[C@@H](OC(C)=O)[C@H]1OC(C)=O. The minimum atomic E-state index is -1.09. The van der Waals surface area contributed by atoms with Crippen molar-refractivity contribution in [1.29, 1.82) is 0 Å². The van der Waals surface area contributed by atoms with Crippen molar-refractivity contribution in [1.82, 2.24) is 19.5 Å². The fourth-order valence-electron chi connectivity index (χ4n) is 4.13. The highest BCUT2D eigenvalue weighted by Gasteiger charge is 2.51. The number of ether oxygens (including phenoxy) is 4. The first-order chi connectivity index (χ1) is 17.7. The molecular formula is C24H33N5O8. The molecule has 0 unspecified atom stereocenters. The quantitative estimate of drug-likeness (QED) is 0.249. The van der Waals surface area contributed by atoms with E-state index in [1.807, 2.05) is 0 Å². The molecule has 3 heterocycles. The Kier molecular flexibility index (Phi) is 9.89. The molecule has 13 nitrogen and oxygen atoms in total. The van der Waals surface area contributed by atoms with Crippen LogP contribution in [0, 0.1) is 0 Å². The fraction of sp³-hybridized carbons (Fsp3) is 0.625. The summed E-state index contributed by atoms with van der Waals surface area (Å²) in [4.78, 5) is 60.3. The summed E-state index contributed by atoms with van der Waals surface area (Å²) >= 11 is 0. The maximum atomic E-state index is 12.5. The molecule has 3 rings (SSSR count). The predicted octanol–water partition coefficient (Wildman–Crippen LogP) is 2.45. The Morgan fingerprint density at radius 2 is 1.65 bits per heavy atom. The number of hydrogen-bond donors (Lipinski definition) is 1. The van der Waals surface area contributed by atoms with Crippen molar-refractivity contribution in [2.45, 2.75) is 90.8 Å². The molecule has 1 N–H and O–H groups in total. The van der Waals surface area contributed by atoms with Gasteiger partial charge in [0.2, 0.25) is 5.91 Å². The normalized spacial score (nSPS) is 21.0. The Morgan fingerprint density at radius 3 is 2.32 bits per heavy atom. The standard InChI is InChI=1S/C24H33N5O8/c1-5-6-7-8-9-10-18(33)28-22-19-23(26-12-25-22)29(13-27-19)24-21(36-16(4)32)20(35-15(3)31)17(37-24)11-34-14(2)30/h12-13,17,20-21,24H,5-11H2,1-4H3,(H,25,26,28,33)/t17-,20+,21+,24-/m0/s1. The summed E-state index contributed by atoms with van der Waals surface area (Å²) in [6.07, 6.45) is 4.05. The van der Waals surface area contributed by atoms with Gasteiger partial charge in [0.15, 0.2) is 35.4 Å². The van der Waals surface area contributed by atoms with Crippen LogP contribution in [0.3, 0.4) is 0 Å². The van der Waals surface area contributed by atoms with Crippen LogP contribution in [0.1, 0.15) is 72.4 Å². The molecule has 1 saturated heterocycles. The second-order valence-electron chi connectivity index (χ2n) is 8.77. The fourth-order valence-corrected chi connectivity index (χ4v) is 4.13. The first kappa shape index (κ1) is 28.0. The monoisotopic (exact) mass is 519 g/mol. The van der Waals surface area contributed by atoms with Gasteiger partial charge in [-0.2, -0.15) is 0 Å². The molecule has 0 radical (unpaired) electrons. The molecule has 0 saturated carbocycles. The number of fused-ring (bicyclic) bond motifs is 1. The molecule has 1 fully saturated rings. The summed E-state index contributed by atoms with van der Waals surface area (Å²) in [7, 11) is 0. The topological polar surface area (TPSA) is 161 Å². The van der Waals surface area contributed by atoms with E-state index in [-0.39, 0.29) is 18.3 Å². The number of rotatable bonds is 12. The highest BCUT2D eigenvalue weighted by Crippen LogP contribution is 2.36. The molecule has 1 amide bonds. The smallest absolute Gasteiger partial charge is 0.303 e. The summed E-state index contributed by atoms with van der Waals surface area (Å²) in [5.74, 6) is -1.76. The van der Waals surface area contributed by atoms with Gasteiger partial charge in [-0.15, -0.1) is 0 Å². The average Bonchev–Trinajstić information content (AvgIpc) is 3.39. The highest BCUT2D eigenvalue weighted by atomic mass is 16.7. The molecule has 1 aliphatic heterocycles. The number of nitrogens with one attached hydrogen (secondary N) is 1. The number of carbonyl (C=O) groups excluding carboxylic acids is 4. The predicted molar refractivity (Wildman–Crippen MR) is 129 cm³/mol. The average molecular weight is 520 g/mol. The van der Waals surface area contributed by atoms with Crippen LogP contribution < -0.4 is 5.32 Å². The molecule has 0 bridgehead atoms. The zero-order valence-corrected chi connectivity index (χ0v) is 21.5. The number of carbonyl (C=O) groups is 4. The van der Waals surface area contributed by atoms with Gasteiger partial charge in [-0.05, 0) is 6.42 Å². The molecular weight excluding hydrogens is 486 g/mol. The molecule has 0 aliphatic carbocycles. The van der Waals surface area contributed by atoms with E-state index in [4.69, 9.17) is 18.9 Å². The van der Waals surface area contributed by atoms with Gasteiger partial charge in [-0.25, -0.2) is 15.0 Å². The zero-order valence-electron chi connectivity index (χ0n) is 21.5. The summed E-state index contributed by atoms with van der Waals surface area (Å²) < 4.78 is 23.5. The van der Waals surface area contributed by atoms with Crippen LogP contribution in [-0.4, -0.2) is 68.3 Å². The number of hydrogen-bond acceptors (Lipinski definition) is 11. The van der Waals surface area contributed by atoms with Crippen molar-refractivity contribution in [3.8, 4) is 0 Å². The maximum absolute atomic E-state index is 12.5. The van der Waals surface area contributed by atoms with E-state index in [1.165, 1.54) is 38.0 Å². The summed E-state index contributed by atoms with van der Waals surface area (Å²) in [6, 6.07) is 0. The maximum Gasteiger partial charge on any atom is 0.303 e. The molecule has 1 aliphatic rings. The van der Waals surface area contributed by atoms with Crippen LogP contribution in [0.25, 0.3) is 11.2 Å². The molecule has 4 atom stereocenters. The Balaban J connectivity index is 1.85. The summed E-state index contributed by atoms with van der Waals surface area (Å²) in [5.41, 5.74) is 0.601. The Morgan fingerprint density at radius 1 is 0.946 bits per heavy atom. The summed E-state index contributed by atoms with van der Waals surface area (Å²) in [5, 5.41) is 2.78. The van der Waals surface area contributed by atoms with E-state index in [1.54, 1.807) is 0 Å². The van der Waals surface area contributed by atoms with E-state index >= 15 is 0 Å². The van der Waals surface area contributed by atoms with Gasteiger partial charge < -0.3 is 24.3 Å². The molecule has 37 heavy (non-hydrogen) atoms. The van der Waals surface area contributed by atoms with Crippen molar-refractivity contribution in [3.63, 3.8) is 0 Å². The van der Waals surface area contributed by atoms with Crippen molar-refractivity contribution in [2.75, 3.05) is 11.9 Å². The lowest BCUT2D eigenvalue weighted by Gasteiger charge is -2.23. The second kappa shape index (κ2) is 13.1. The second-order valence-corrected chi connectivity index (χ2v) is 8.77. The van der Waals surface area contributed by atoms with E-state index in [0.717, 1.165) is 32.1 Å². The Hall–Kier alpha value is -3.61. The molecule has 0 aromatic carbocycles. The number of nitrogens with zero attached hydrogens (tertiary/aromatic N) is 4. The van der Waals surface area contributed by atoms with Crippen molar-refractivity contribution < 1.29 is 38.1 Å². The third-order valence-electron chi connectivity index (χ3n) is 5.74. The molecule has 202 valence electrons. The van der Waals surface area contributed by atoms with E-state index in [0.29, 0.717) is 17.6 Å². The van der Waals surface area contributed by atoms with Gasteiger partial charge in [0, 0.05) is 27.2 Å². The van der Waals surface area contributed by atoms with Crippen LogP contribution in [0.2, 0.25) is 0 Å². The van der Waals surface area contributed by atoms with Crippen molar-refractivity contribution in [3.05, 3.63) is 12.7 Å². The van der Waals surface area contributed by atoms with Gasteiger partial charge >= 0.3 is 17.9 Å². The number of esters is 3. The number of anilines is 1. The van der Waals surface area contributed by atoms with Crippen molar-refractivity contribution >= 4 is 40.8 Å². The lowest BCUT2D eigenvalue weighted by atomic mass is 10.1. The van der Waals surface area contributed by atoms with Crippen LogP contribution >= 0.6 is 0 Å². The van der Waals surface area contributed by atoms with Gasteiger partial charge in [0.05, 0.1) is 6.33 Å². The third-order valence-corrected chi connectivity index (χ3v) is 5.74. The molecule has 2 aromatic rings. The van der Waals surface area contributed by atoms with Crippen LogP contribution in [0.4, 0.5) is 5.82 Å². The van der Waals surface area contributed by atoms with E-state index < -0.39 is 42.4 Å². The molecule has 0 spiro atoms. The Bertz CT molecular complexity index is 1120. The zero-order chi connectivity index (χ0) is 26.9. The van der Waals surface area contributed by atoms with Crippen LogP contribution in [-0.2, 0) is 38.1 Å². The molecule has 13 heteroatoms. The van der Waals surface area contributed by atoms with Crippen LogP contribution in [0.15, 0.2) is 12.7 Å². The van der Waals surface area contributed by atoms with Gasteiger partial charge in [-0.3, -0.25) is 23.7 Å². The van der Waals surface area contributed by atoms with E-state index in [2.05, 4.69) is 27.2 Å². The molecule has 2 aromatic heterocycles. The first-order valence-electron chi connectivity index (χ1n) is 12.3. The lowest BCUT2D eigenvalue weighted by molar-refractivity contribution is -0.166. The lowest BCUT2D eigenvalue weighted by Crippen LogP contribution is -2.40. The summed E-state index contributed by atoms with van der Waals surface area (Å²) in [6.45, 7) is 5.56. The number of amides is 1.